The van der Waals surface area contributed by atoms with Gasteiger partial charge in [0.15, 0.2) is 0 Å². The molecule has 3 aromatic heterocycles. The van der Waals surface area contributed by atoms with Gasteiger partial charge in [0.25, 0.3) is 0 Å². The Kier molecular flexibility index (Phi) is 6.58. The van der Waals surface area contributed by atoms with Gasteiger partial charge in [-0.3, -0.25) is 4.72 Å². The van der Waals surface area contributed by atoms with Gasteiger partial charge in [0.05, 0.1) is 24.5 Å². The van der Waals surface area contributed by atoms with Gasteiger partial charge in [0, 0.05) is 53.4 Å². The van der Waals surface area contributed by atoms with Crippen LogP contribution in [0.1, 0.15) is 26.3 Å². The summed E-state index contributed by atoms with van der Waals surface area (Å²) in [6.45, 7) is 11.5. The van der Waals surface area contributed by atoms with Crippen LogP contribution in [0.4, 0.5) is 5.69 Å². The van der Waals surface area contributed by atoms with Crippen LogP contribution in [0.5, 0.6) is 5.88 Å². The summed E-state index contributed by atoms with van der Waals surface area (Å²) in [5, 5.41) is 8.22. The summed E-state index contributed by atoms with van der Waals surface area (Å²) in [7, 11) is 1.61. The molecule has 3 aromatic rings. The number of nitrogens with zero attached hydrogens (tertiary/aromatic N) is 3. The lowest BCUT2D eigenvalue weighted by Crippen LogP contribution is -2.40. The number of methoxy groups -OCH3 is 1. The van der Waals surface area contributed by atoms with E-state index in [4.69, 9.17) is 10.5 Å². The molecule has 0 aliphatic carbocycles. The molecule has 4 N–H and O–H groups in total. The smallest absolute Gasteiger partial charge is 0.212 e. The molecule has 30 heavy (non-hydrogen) atoms. The number of anilines is 1. The first-order valence-corrected chi connectivity index (χ1v) is 11.0. The van der Waals surface area contributed by atoms with Crippen LogP contribution in [0, 0.1) is 5.41 Å². The standard InChI is InChI=1S/C22H30N6OS/c1-14(23)18-11-25-28-12-17(16-7-8-20(29-5)24-10-16)9-19(28)21(18)27-15(2)22(3,4)13-26-30-6/h7-12,15,26-27H,1,13,23H2,2-6H3. The van der Waals surface area contributed by atoms with Crippen molar-refractivity contribution in [2.75, 3.05) is 25.2 Å². The van der Waals surface area contributed by atoms with Crippen LogP contribution in [0.25, 0.3) is 22.3 Å². The maximum absolute atomic E-state index is 6.10. The number of hydrogen-bond donors (Lipinski definition) is 3. The Hall–Kier alpha value is -2.71. The van der Waals surface area contributed by atoms with Gasteiger partial charge in [0.2, 0.25) is 5.88 Å². The third-order valence-electron chi connectivity index (χ3n) is 5.47. The van der Waals surface area contributed by atoms with Crippen LogP contribution >= 0.6 is 11.9 Å². The fraction of sp³-hybridized carbons (Fsp3) is 0.364. The number of rotatable bonds is 9. The van der Waals surface area contributed by atoms with Crippen LogP contribution in [-0.2, 0) is 0 Å². The van der Waals surface area contributed by atoms with Crippen molar-refractivity contribution in [3.63, 3.8) is 0 Å². The molecule has 0 spiro atoms. The van der Waals surface area contributed by atoms with E-state index in [1.807, 2.05) is 29.1 Å². The number of hydrogen-bond acceptors (Lipinski definition) is 7. The second kappa shape index (κ2) is 8.97. The molecule has 1 atom stereocenters. The minimum atomic E-state index is 0.00575. The molecule has 0 saturated heterocycles. The molecular weight excluding hydrogens is 396 g/mol. The zero-order valence-electron chi connectivity index (χ0n) is 18.2. The highest BCUT2D eigenvalue weighted by atomic mass is 32.2. The van der Waals surface area contributed by atoms with E-state index in [1.54, 1.807) is 31.5 Å². The number of nitrogens with two attached hydrogens (primary N) is 1. The molecule has 7 nitrogen and oxygen atoms in total. The van der Waals surface area contributed by atoms with Crippen LogP contribution in [0.2, 0.25) is 0 Å². The van der Waals surface area contributed by atoms with Gasteiger partial charge in [-0.15, -0.1) is 0 Å². The van der Waals surface area contributed by atoms with Crippen molar-refractivity contribution in [2.24, 2.45) is 11.1 Å². The van der Waals surface area contributed by atoms with Crippen molar-refractivity contribution in [1.82, 2.24) is 19.3 Å². The fourth-order valence-electron chi connectivity index (χ4n) is 3.10. The number of pyridine rings is 1. The number of aromatic nitrogens is 3. The third kappa shape index (κ3) is 4.55. The van der Waals surface area contributed by atoms with Gasteiger partial charge in [-0.05, 0) is 30.7 Å². The van der Waals surface area contributed by atoms with Crippen LogP contribution in [0.3, 0.4) is 0 Å². The van der Waals surface area contributed by atoms with Crippen LogP contribution in [0.15, 0.2) is 43.4 Å². The third-order valence-corrected chi connectivity index (χ3v) is 5.90. The lowest BCUT2D eigenvalue weighted by molar-refractivity contribution is 0.322. The summed E-state index contributed by atoms with van der Waals surface area (Å²) in [5.74, 6) is 0.583. The first-order chi connectivity index (χ1) is 14.3. The quantitative estimate of drug-likeness (QED) is 0.445. The minimum Gasteiger partial charge on any atom is -0.481 e. The Bertz CT molecular complexity index is 1030. The molecule has 0 aliphatic rings. The van der Waals surface area contributed by atoms with E-state index < -0.39 is 0 Å². The Morgan fingerprint density at radius 2 is 2.10 bits per heavy atom. The summed E-state index contributed by atoms with van der Waals surface area (Å²) in [4.78, 5) is 4.31. The highest BCUT2D eigenvalue weighted by Gasteiger charge is 2.27. The minimum absolute atomic E-state index is 0.00575. The van der Waals surface area contributed by atoms with Gasteiger partial charge in [-0.25, -0.2) is 9.50 Å². The Morgan fingerprint density at radius 1 is 1.33 bits per heavy atom. The Morgan fingerprint density at radius 3 is 2.70 bits per heavy atom. The monoisotopic (exact) mass is 426 g/mol. The first kappa shape index (κ1) is 22.0. The maximum Gasteiger partial charge on any atom is 0.212 e. The summed E-state index contributed by atoms with van der Waals surface area (Å²) in [5.41, 5.74) is 11.2. The van der Waals surface area contributed by atoms with Gasteiger partial charge in [-0.1, -0.05) is 32.4 Å². The average Bonchev–Trinajstić information content (AvgIpc) is 3.17. The topological polar surface area (TPSA) is 89.5 Å². The molecule has 0 saturated carbocycles. The van der Waals surface area contributed by atoms with Crippen molar-refractivity contribution >= 4 is 28.8 Å². The van der Waals surface area contributed by atoms with Crippen molar-refractivity contribution in [2.45, 2.75) is 26.8 Å². The summed E-state index contributed by atoms with van der Waals surface area (Å²) < 4.78 is 10.4. The number of ether oxygens (including phenoxy) is 1. The van der Waals surface area contributed by atoms with Crippen LogP contribution in [-0.4, -0.2) is 40.6 Å². The molecule has 3 rings (SSSR count). The molecule has 0 amide bonds. The van der Waals surface area contributed by atoms with Crippen molar-refractivity contribution in [3.8, 4) is 17.0 Å². The Labute approximate surface area is 182 Å². The molecule has 0 bridgehead atoms. The molecular formula is C22H30N6OS. The maximum atomic E-state index is 6.10. The second-order valence-corrected chi connectivity index (χ2v) is 8.68. The SMILES string of the molecule is C=C(N)c1cnn2cc(-c3ccc(OC)nc3)cc2c1NC(C)C(C)(C)CNSC. The van der Waals surface area contributed by atoms with Crippen molar-refractivity contribution < 1.29 is 4.74 Å². The summed E-state index contributed by atoms with van der Waals surface area (Å²) >= 11 is 1.63. The fourth-order valence-corrected chi connectivity index (χ4v) is 3.62. The lowest BCUT2D eigenvalue weighted by Gasteiger charge is -2.33. The van der Waals surface area contributed by atoms with Gasteiger partial charge >= 0.3 is 0 Å². The predicted molar refractivity (Wildman–Crippen MR) is 127 cm³/mol. The Balaban J connectivity index is 2.03. The largest absolute Gasteiger partial charge is 0.481 e. The zero-order valence-corrected chi connectivity index (χ0v) is 19.0. The van der Waals surface area contributed by atoms with Gasteiger partial charge < -0.3 is 15.8 Å². The lowest BCUT2D eigenvalue weighted by atomic mass is 9.85. The van der Waals surface area contributed by atoms with Gasteiger partial charge in [0.1, 0.15) is 0 Å². The molecule has 3 heterocycles. The molecule has 160 valence electrons. The number of nitrogens with one attached hydrogen (secondary N) is 2. The van der Waals surface area contributed by atoms with E-state index >= 15 is 0 Å². The summed E-state index contributed by atoms with van der Waals surface area (Å²) in [6.07, 6.45) is 7.57. The predicted octanol–water partition coefficient (Wildman–Crippen LogP) is 4.03. The summed E-state index contributed by atoms with van der Waals surface area (Å²) in [6, 6.07) is 6.09. The molecule has 1 unspecified atom stereocenters. The van der Waals surface area contributed by atoms with E-state index in [9.17, 15) is 0 Å². The molecule has 0 aromatic carbocycles. The molecule has 0 fully saturated rings. The normalized spacial score (nSPS) is 12.7. The highest BCUT2D eigenvalue weighted by Crippen LogP contribution is 2.33. The molecule has 8 heteroatoms. The van der Waals surface area contributed by atoms with Gasteiger partial charge in [-0.2, -0.15) is 5.10 Å². The molecule has 0 aliphatic heterocycles. The van der Waals surface area contributed by atoms with E-state index in [0.29, 0.717) is 11.6 Å². The zero-order chi connectivity index (χ0) is 21.9. The van der Waals surface area contributed by atoms with E-state index in [-0.39, 0.29) is 11.5 Å². The van der Waals surface area contributed by atoms with E-state index in [2.05, 4.69) is 53.5 Å². The van der Waals surface area contributed by atoms with Crippen LogP contribution < -0.4 is 20.5 Å². The number of fused-ring (bicyclic) bond motifs is 1. The van der Waals surface area contributed by atoms with E-state index in [0.717, 1.165) is 34.4 Å². The average molecular weight is 427 g/mol. The van der Waals surface area contributed by atoms with Crippen molar-refractivity contribution in [1.29, 1.82) is 0 Å². The van der Waals surface area contributed by atoms with E-state index in [1.165, 1.54) is 0 Å². The second-order valence-electron chi connectivity index (χ2n) is 7.99. The first-order valence-electron chi connectivity index (χ1n) is 9.75. The molecule has 0 radical (unpaired) electrons. The van der Waals surface area contributed by atoms with Crippen molar-refractivity contribution in [3.05, 3.63) is 48.9 Å². The highest BCUT2D eigenvalue weighted by molar-refractivity contribution is 7.96.